The van der Waals surface area contributed by atoms with Crippen LogP contribution in [0.3, 0.4) is 0 Å². The highest BCUT2D eigenvalue weighted by molar-refractivity contribution is 9.10. The Kier molecular flexibility index (Phi) is 7.16. The lowest BCUT2D eigenvalue weighted by Crippen LogP contribution is -2.42. The summed E-state index contributed by atoms with van der Waals surface area (Å²) >= 11 is 9.16. The van der Waals surface area contributed by atoms with Crippen molar-refractivity contribution in [3.05, 3.63) is 58.6 Å². The van der Waals surface area contributed by atoms with Gasteiger partial charge < -0.3 is 20.9 Å². The minimum atomic E-state index is 0.388. The molecule has 2 aromatic carbocycles. The van der Waals surface area contributed by atoms with Gasteiger partial charge in [-0.05, 0) is 84.5 Å². The standard InChI is InChI=1S/C25H30BrN5S/c1-16-8-13-22(20(26)14-16)30-25(32)28-18-11-9-17(10-12-18)27-24-15-23(31(2)3)19-6-4-5-7-21(19)29-24/h4-8,13-15,17-18H,9-12H2,1-3H3,(H,27,29)(H2,28,30,32)/t17-,18+. The number of pyridine rings is 1. The van der Waals surface area contributed by atoms with Crippen molar-refractivity contribution in [2.45, 2.75) is 44.7 Å². The molecule has 0 saturated heterocycles. The molecule has 4 rings (SSSR count). The molecule has 0 unspecified atom stereocenters. The molecular weight excluding hydrogens is 482 g/mol. The predicted octanol–water partition coefficient (Wildman–Crippen LogP) is 6.08. The number of halogens is 1. The summed E-state index contributed by atoms with van der Waals surface area (Å²) < 4.78 is 1.02. The molecule has 0 atom stereocenters. The molecule has 32 heavy (non-hydrogen) atoms. The molecule has 0 bridgehead atoms. The first-order chi connectivity index (χ1) is 15.4. The minimum Gasteiger partial charge on any atom is -0.377 e. The summed E-state index contributed by atoms with van der Waals surface area (Å²) in [6.07, 6.45) is 4.31. The lowest BCUT2D eigenvalue weighted by Gasteiger charge is -2.31. The number of hydrogen-bond acceptors (Lipinski definition) is 4. The number of benzene rings is 2. The number of nitrogens with one attached hydrogen (secondary N) is 3. The lowest BCUT2D eigenvalue weighted by molar-refractivity contribution is 0.388. The normalized spacial score (nSPS) is 18.2. The summed E-state index contributed by atoms with van der Waals surface area (Å²) in [5.41, 5.74) is 4.41. The molecule has 1 saturated carbocycles. The topological polar surface area (TPSA) is 52.2 Å². The smallest absolute Gasteiger partial charge is 0.171 e. The van der Waals surface area contributed by atoms with Crippen LogP contribution in [0.2, 0.25) is 0 Å². The fourth-order valence-corrected chi connectivity index (χ4v) is 5.13. The van der Waals surface area contributed by atoms with Crippen molar-refractivity contribution in [3.8, 4) is 0 Å². The van der Waals surface area contributed by atoms with Gasteiger partial charge in [0.2, 0.25) is 0 Å². The van der Waals surface area contributed by atoms with Crippen molar-refractivity contribution >= 4 is 61.4 Å². The van der Waals surface area contributed by atoms with Gasteiger partial charge in [-0.2, -0.15) is 0 Å². The molecule has 0 aliphatic heterocycles. The average molecular weight is 513 g/mol. The van der Waals surface area contributed by atoms with E-state index >= 15 is 0 Å². The molecule has 0 spiro atoms. The molecule has 1 aromatic heterocycles. The SMILES string of the molecule is Cc1ccc(NC(=S)N[C@H]2CC[C@@H](Nc3cc(N(C)C)c4ccccc4n3)CC2)c(Br)c1. The second-order valence-electron chi connectivity index (χ2n) is 8.71. The maximum Gasteiger partial charge on any atom is 0.171 e. The minimum absolute atomic E-state index is 0.388. The van der Waals surface area contributed by atoms with E-state index in [1.54, 1.807) is 0 Å². The van der Waals surface area contributed by atoms with Crippen LogP contribution in [0.4, 0.5) is 17.2 Å². The van der Waals surface area contributed by atoms with Gasteiger partial charge in [0.05, 0.1) is 11.2 Å². The lowest BCUT2D eigenvalue weighted by atomic mass is 9.91. The third kappa shape index (κ3) is 5.51. The van der Waals surface area contributed by atoms with Crippen LogP contribution in [0.5, 0.6) is 0 Å². The highest BCUT2D eigenvalue weighted by atomic mass is 79.9. The molecule has 3 aromatic rings. The zero-order chi connectivity index (χ0) is 22.7. The van der Waals surface area contributed by atoms with Crippen molar-refractivity contribution in [1.82, 2.24) is 10.3 Å². The van der Waals surface area contributed by atoms with Gasteiger partial charge in [-0.3, -0.25) is 0 Å². The number of hydrogen-bond donors (Lipinski definition) is 3. The van der Waals surface area contributed by atoms with Crippen LogP contribution in [0, 0.1) is 6.92 Å². The molecule has 168 valence electrons. The third-order valence-corrected chi connectivity index (χ3v) is 6.84. The molecule has 1 fully saturated rings. The van der Waals surface area contributed by atoms with Crippen molar-refractivity contribution in [3.63, 3.8) is 0 Å². The number of fused-ring (bicyclic) bond motifs is 1. The highest BCUT2D eigenvalue weighted by Crippen LogP contribution is 2.29. The summed E-state index contributed by atoms with van der Waals surface area (Å²) in [5.74, 6) is 0.949. The predicted molar refractivity (Wildman–Crippen MR) is 144 cm³/mol. The van der Waals surface area contributed by atoms with Crippen molar-refractivity contribution < 1.29 is 0 Å². The van der Waals surface area contributed by atoms with Gasteiger partial charge in [0.25, 0.3) is 0 Å². The Morgan fingerprint density at radius 2 is 1.75 bits per heavy atom. The molecule has 1 aliphatic carbocycles. The van der Waals surface area contributed by atoms with E-state index in [0.717, 1.165) is 47.2 Å². The van der Waals surface area contributed by atoms with Crippen LogP contribution in [-0.2, 0) is 0 Å². The third-order valence-electron chi connectivity index (χ3n) is 5.96. The Morgan fingerprint density at radius 1 is 1.03 bits per heavy atom. The Labute approximate surface area is 204 Å². The molecule has 0 radical (unpaired) electrons. The van der Waals surface area contributed by atoms with Crippen LogP contribution in [-0.4, -0.2) is 36.3 Å². The fourth-order valence-electron chi connectivity index (χ4n) is 4.26. The van der Waals surface area contributed by atoms with Crippen LogP contribution < -0.4 is 20.9 Å². The number of nitrogens with zero attached hydrogens (tertiary/aromatic N) is 2. The second kappa shape index (κ2) is 10.0. The number of thiocarbonyl (C=S) groups is 1. The number of rotatable bonds is 5. The van der Waals surface area contributed by atoms with Gasteiger partial charge in [0.1, 0.15) is 5.82 Å². The van der Waals surface area contributed by atoms with E-state index in [2.05, 4.69) is 94.2 Å². The van der Waals surface area contributed by atoms with E-state index in [-0.39, 0.29) is 0 Å². The molecule has 0 amide bonds. The van der Waals surface area contributed by atoms with Gasteiger partial charge in [-0.1, -0.05) is 24.3 Å². The molecule has 3 N–H and O–H groups in total. The average Bonchev–Trinajstić information content (AvgIpc) is 2.76. The first-order valence-electron chi connectivity index (χ1n) is 11.1. The maximum atomic E-state index is 5.55. The number of para-hydroxylation sites is 1. The van der Waals surface area contributed by atoms with Gasteiger partial charge in [-0.25, -0.2) is 4.98 Å². The zero-order valence-corrected chi connectivity index (χ0v) is 21.2. The Morgan fingerprint density at radius 3 is 2.47 bits per heavy atom. The Balaban J connectivity index is 1.32. The number of aryl methyl sites for hydroxylation is 1. The van der Waals surface area contributed by atoms with Crippen molar-refractivity contribution in [1.29, 1.82) is 0 Å². The Bertz CT molecular complexity index is 1110. The first-order valence-corrected chi connectivity index (χ1v) is 12.3. The number of aromatic nitrogens is 1. The summed E-state index contributed by atoms with van der Waals surface area (Å²) in [7, 11) is 4.16. The zero-order valence-electron chi connectivity index (χ0n) is 18.8. The fraction of sp³-hybridized carbons (Fsp3) is 0.360. The van der Waals surface area contributed by atoms with Crippen molar-refractivity contribution in [2.24, 2.45) is 0 Å². The van der Waals surface area contributed by atoms with Gasteiger partial charge >= 0.3 is 0 Å². The van der Waals surface area contributed by atoms with Gasteiger partial charge in [0.15, 0.2) is 5.11 Å². The highest BCUT2D eigenvalue weighted by Gasteiger charge is 2.22. The maximum absolute atomic E-state index is 5.55. The van der Waals surface area contributed by atoms with Gasteiger partial charge in [0, 0.05) is 47.8 Å². The van der Waals surface area contributed by atoms with Crippen molar-refractivity contribution in [2.75, 3.05) is 29.6 Å². The summed E-state index contributed by atoms with van der Waals surface area (Å²) in [5, 5.41) is 12.3. The molecule has 5 nitrogen and oxygen atoms in total. The molecule has 1 heterocycles. The molecule has 1 aliphatic rings. The monoisotopic (exact) mass is 511 g/mol. The van der Waals surface area contributed by atoms with Crippen LogP contribution in [0.15, 0.2) is 53.0 Å². The van der Waals surface area contributed by atoms with E-state index in [9.17, 15) is 0 Å². The number of anilines is 3. The van der Waals surface area contributed by atoms with Crippen LogP contribution in [0.1, 0.15) is 31.2 Å². The quantitative estimate of drug-likeness (QED) is 0.360. The van der Waals surface area contributed by atoms with Crippen LogP contribution >= 0.6 is 28.1 Å². The largest absolute Gasteiger partial charge is 0.377 e. The summed E-state index contributed by atoms with van der Waals surface area (Å²) in [6, 6.07) is 17.5. The van der Waals surface area contributed by atoms with E-state index in [4.69, 9.17) is 17.2 Å². The molecule has 7 heteroatoms. The van der Waals surface area contributed by atoms with E-state index in [1.165, 1.54) is 16.6 Å². The van der Waals surface area contributed by atoms with E-state index < -0.39 is 0 Å². The Hall–Kier alpha value is -2.38. The summed E-state index contributed by atoms with van der Waals surface area (Å²) in [4.78, 5) is 7.00. The molecular formula is C25H30BrN5S. The van der Waals surface area contributed by atoms with E-state index in [1.807, 2.05) is 12.1 Å². The second-order valence-corrected chi connectivity index (χ2v) is 9.98. The van der Waals surface area contributed by atoms with E-state index in [0.29, 0.717) is 17.2 Å². The summed E-state index contributed by atoms with van der Waals surface area (Å²) in [6.45, 7) is 2.08. The van der Waals surface area contributed by atoms with Gasteiger partial charge in [-0.15, -0.1) is 0 Å². The first kappa shape index (κ1) is 22.8. The van der Waals surface area contributed by atoms with Crippen LogP contribution in [0.25, 0.3) is 10.9 Å².